The lowest BCUT2D eigenvalue weighted by molar-refractivity contribution is 0.102. The van der Waals surface area contributed by atoms with Gasteiger partial charge in [0.1, 0.15) is 17.2 Å². The quantitative estimate of drug-likeness (QED) is 0.551. The molecule has 0 aliphatic carbocycles. The summed E-state index contributed by atoms with van der Waals surface area (Å²) >= 11 is 0. The predicted octanol–water partition coefficient (Wildman–Crippen LogP) is 3.77. The molecule has 0 radical (unpaired) electrons. The first kappa shape index (κ1) is 22.0. The largest absolute Gasteiger partial charge is 0.497 e. The highest BCUT2D eigenvalue weighted by atomic mass is 32.2. The van der Waals surface area contributed by atoms with Crippen LogP contribution in [0.15, 0.2) is 71.6 Å². The summed E-state index contributed by atoms with van der Waals surface area (Å²) in [5, 5.41) is 2.74. The minimum Gasteiger partial charge on any atom is -0.497 e. The first-order chi connectivity index (χ1) is 14.9. The van der Waals surface area contributed by atoms with E-state index in [9.17, 15) is 13.2 Å². The Morgan fingerprint density at radius 3 is 2.00 bits per heavy atom. The maximum atomic E-state index is 12.7. The molecule has 2 N–H and O–H groups in total. The molecule has 0 fully saturated rings. The number of ether oxygens (including phenoxy) is 3. The average Bonchev–Trinajstić information content (AvgIpc) is 2.79. The number of methoxy groups -OCH3 is 3. The van der Waals surface area contributed by atoms with Crippen LogP contribution in [-0.2, 0) is 10.0 Å². The molecule has 31 heavy (non-hydrogen) atoms. The van der Waals surface area contributed by atoms with Crippen LogP contribution in [0.4, 0.5) is 11.4 Å². The third-order valence-electron chi connectivity index (χ3n) is 4.39. The number of carbonyl (C=O) groups excluding carboxylic acids is 1. The van der Waals surface area contributed by atoms with Gasteiger partial charge in [0, 0.05) is 29.4 Å². The topological polar surface area (TPSA) is 103 Å². The molecule has 0 atom stereocenters. The molecule has 3 rings (SSSR count). The molecular formula is C22H22N2O6S. The van der Waals surface area contributed by atoms with E-state index < -0.39 is 15.9 Å². The Morgan fingerprint density at radius 1 is 0.806 bits per heavy atom. The van der Waals surface area contributed by atoms with E-state index in [1.165, 1.54) is 45.6 Å². The number of para-hydroxylation sites is 2. The van der Waals surface area contributed by atoms with Crippen molar-refractivity contribution in [2.45, 2.75) is 4.90 Å². The fourth-order valence-electron chi connectivity index (χ4n) is 2.80. The van der Waals surface area contributed by atoms with E-state index in [1.54, 1.807) is 42.5 Å². The van der Waals surface area contributed by atoms with Crippen LogP contribution in [0.25, 0.3) is 0 Å². The highest BCUT2D eigenvalue weighted by Crippen LogP contribution is 2.27. The minimum absolute atomic E-state index is 0.0120. The Bertz CT molecular complexity index is 1150. The predicted molar refractivity (Wildman–Crippen MR) is 118 cm³/mol. The van der Waals surface area contributed by atoms with E-state index in [-0.39, 0.29) is 10.5 Å². The van der Waals surface area contributed by atoms with Crippen molar-refractivity contribution in [3.8, 4) is 17.2 Å². The smallest absolute Gasteiger partial charge is 0.262 e. The van der Waals surface area contributed by atoms with Crippen molar-refractivity contribution >= 4 is 27.3 Å². The standard InChI is InChI=1S/C22H22N2O6S/c1-28-17-12-16(13-18(14-17)29-2)23-22(25)15-8-10-19(11-9-15)31(26,27)24-20-6-4-5-7-21(20)30-3/h4-14,24H,1-3H3,(H,23,25). The van der Waals surface area contributed by atoms with Crippen molar-refractivity contribution in [3.05, 3.63) is 72.3 Å². The summed E-state index contributed by atoms with van der Waals surface area (Å²) in [4.78, 5) is 12.6. The molecule has 9 heteroatoms. The third-order valence-corrected chi connectivity index (χ3v) is 5.77. The molecule has 0 aliphatic heterocycles. The molecule has 0 unspecified atom stereocenters. The molecule has 0 heterocycles. The summed E-state index contributed by atoms with van der Waals surface area (Å²) < 4.78 is 43.4. The SMILES string of the molecule is COc1cc(NC(=O)c2ccc(S(=O)(=O)Nc3ccccc3OC)cc2)cc(OC)c1. The number of rotatable bonds is 8. The minimum atomic E-state index is -3.86. The molecular weight excluding hydrogens is 420 g/mol. The van der Waals surface area contributed by atoms with E-state index in [2.05, 4.69) is 10.0 Å². The molecule has 8 nitrogen and oxygen atoms in total. The Balaban J connectivity index is 1.77. The Hall–Kier alpha value is -3.72. The van der Waals surface area contributed by atoms with Crippen LogP contribution in [0.2, 0.25) is 0 Å². The van der Waals surface area contributed by atoms with Crippen LogP contribution in [0, 0.1) is 0 Å². The van der Waals surface area contributed by atoms with E-state index >= 15 is 0 Å². The van der Waals surface area contributed by atoms with E-state index in [0.717, 1.165) is 0 Å². The van der Waals surface area contributed by atoms with Crippen molar-refractivity contribution in [1.29, 1.82) is 0 Å². The number of anilines is 2. The van der Waals surface area contributed by atoms with Crippen LogP contribution in [0.5, 0.6) is 17.2 Å². The van der Waals surface area contributed by atoms with Crippen LogP contribution >= 0.6 is 0 Å². The van der Waals surface area contributed by atoms with E-state index in [0.29, 0.717) is 28.6 Å². The zero-order chi connectivity index (χ0) is 22.4. The summed E-state index contributed by atoms with van der Waals surface area (Å²) in [5.41, 5.74) is 1.09. The molecule has 3 aromatic carbocycles. The summed E-state index contributed by atoms with van der Waals surface area (Å²) in [6.45, 7) is 0. The molecule has 0 saturated carbocycles. The zero-order valence-corrected chi connectivity index (χ0v) is 18.0. The fourth-order valence-corrected chi connectivity index (χ4v) is 3.87. The van der Waals surface area contributed by atoms with Gasteiger partial charge >= 0.3 is 0 Å². The molecule has 0 bridgehead atoms. The van der Waals surface area contributed by atoms with Crippen molar-refractivity contribution in [3.63, 3.8) is 0 Å². The number of hydrogen-bond donors (Lipinski definition) is 2. The van der Waals surface area contributed by atoms with Gasteiger partial charge in [0.05, 0.1) is 31.9 Å². The first-order valence-electron chi connectivity index (χ1n) is 9.16. The summed E-state index contributed by atoms with van der Waals surface area (Å²) in [6.07, 6.45) is 0. The second kappa shape index (κ2) is 9.40. The molecule has 3 aromatic rings. The lowest BCUT2D eigenvalue weighted by Crippen LogP contribution is -2.15. The van der Waals surface area contributed by atoms with Crippen LogP contribution in [0.1, 0.15) is 10.4 Å². The van der Waals surface area contributed by atoms with Crippen LogP contribution in [-0.4, -0.2) is 35.7 Å². The third kappa shape index (κ3) is 5.26. The number of hydrogen-bond acceptors (Lipinski definition) is 6. The average molecular weight is 442 g/mol. The number of carbonyl (C=O) groups is 1. The second-order valence-electron chi connectivity index (χ2n) is 6.39. The van der Waals surface area contributed by atoms with Gasteiger partial charge < -0.3 is 19.5 Å². The van der Waals surface area contributed by atoms with Gasteiger partial charge in [0.2, 0.25) is 0 Å². The number of sulfonamides is 1. The summed E-state index contributed by atoms with van der Waals surface area (Å²) in [6, 6.07) is 17.3. The van der Waals surface area contributed by atoms with Crippen molar-refractivity contribution in [1.82, 2.24) is 0 Å². The summed E-state index contributed by atoms with van der Waals surface area (Å²) in [5.74, 6) is 1.05. The highest BCUT2D eigenvalue weighted by Gasteiger charge is 2.17. The molecule has 1 amide bonds. The monoisotopic (exact) mass is 442 g/mol. The molecule has 0 aliphatic rings. The molecule has 0 aromatic heterocycles. The van der Waals surface area contributed by atoms with E-state index in [4.69, 9.17) is 14.2 Å². The van der Waals surface area contributed by atoms with Crippen molar-refractivity contribution < 1.29 is 27.4 Å². The maximum Gasteiger partial charge on any atom is 0.262 e. The van der Waals surface area contributed by atoms with Gasteiger partial charge in [-0.05, 0) is 36.4 Å². The Labute approximate surface area is 180 Å². The highest BCUT2D eigenvalue weighted by molar-refractivity contribution is 7.92. The second-order valence-corrected chi connectivity index (χ2v) is 8.07. The fraction of sp³-hybridized carbons (Fsp3) is 0.136. The van der Waals surface area contributed by atoms with Gasteiger partial charge in [-0.3, -0.25) is 9.52 Å². The van der Waals surface area contributed by atoms with Crippen LogP contribution in [0.3, 0.4) is 0 Å². The molecule has 0 saturated heterocycles. The Morgan fingerprint density at radius 2 is 1.42 bits per heavy atom. The van der Waals surface area contributed by atoms with Gasteiger partial charge in [0.15, 0.2) is 0 Å². The lowest BCUT2D eigenvalue weighted by atomic mass is 10.2. The zero-order valence-electron chi connectivity index (χ0n) is 17.2. The van der Waals surface area contributed by atoms with Crippen LogP contribution < -0.4 is 24.2 Å². The maximum absolute atomic E-state index is 12.7. The van der Waals surface area contributed by atoms with Gasteiger partial charge in [-0.2, -0.15) is 0 Å². The number of amides is 1. The number of benzene rings is 3. The lowest BCUT2D eigenvalue weighted by Gasteiger charge is -2.12. The van der Waals surface area contributed by atoms with Gasteiger partial charge in [-0.1, -0.05) is 12.1 Å². The van der Waals surface area contributed by atoms with Gasteiger partial charge in [0.25, 0.3) is 15.9 Å². The van der Waals surface area contributed by atoms with Gasteiger partial charge in [-0.25, -0.2) is 8.42 Å². The first-order valence-corrected chi connectivity index (χ1v) is 10.6. The Kier molecular flexibility index (Phi) is 6.66. The van der Waals surface area contributed by atoms with Crippen molar-refractivity contribution in [2.24, 2.45) is 0 Å². The van der Waals surface area contributed by atoms with Crippen molar-refractivity contribution in [2.75, 3.05) is 31.4 Å². The molecule has 0 spiro atoms. The summed E-state index contributed by atoms with van der Waals surface area (Å²) in [7, 11) is 0.622. The molecule has 162 valence electrons. The van der Waals surface area contributed by atoms with Gasteiger partial charge in [-0.15, -0.1) is 0 Å². The normalized spacial score (nSPS) is 10.8. The number of nitrogens with one attached hydrogen (secondary N) is 2. The van der Waals surface area contributed by atoms with E-state index in [1.807, 2.05) is 0 Å².